The van der Waals surface area contributed by atoms with E-state index >= 15 is 0 Å². The molecular weight excluding hydrogens is 502 g/mol. The summed E-state index contributed by atoms with van der Waals surface area (Å²) in [5, 5.41) is 7.40. The van der Waals surface area contributed by atoms with Gasteiger partial charge in [0.25, 0.3) is 0 Å². The number of nitrogens with one attached hydrogen (secondary N) is 1. The van der Waals surface area contributed by atoms with Gasteiger partial charge < -0.3 is 18.9 Å². The van der Waals surface area contributed by atoms with Gasteiger partial charge in [-0.15, -0.1) is 10.2 Å². The average Bonchev–Trinajstić information content (AvgIpc) is 3.25. The van der Waals surface area contributed by atoms with E-state index in [1.807, 2.05) is 0 Å². The minimum Gasteiger partial charge on any atom is -0.481 e. The topological polar surface area (TPSA) is 152 Å². The van der Waals surface area contributed by atoms with Crippen LogP contribution in [0.3, 0.4) is 0 Å². The number of nitrogens with zero attached hydrogens (tertiary/aromatic N) is 6. The summed E-state index contributed by atoms with van der Waals surface area (Å²) in [6.45, 7) is 1.53. The maximum atomic E-state index is 13.3. The molecule has 0 aliphatic carbocycles. The molecule has 0 saturated heterocycles. The van der Waals surface area contributed by atoms with Crippen LogP contribution in [0.4, 0.5) is 5.95 Å². The van der Waals surface area contributed by atoms with E-state index in [1.165, 1.54) is 52.3 Å². The van der Waals surface area contributed by atoms with Crippen LogP contribution in [0.15, 0.2) is 30.6 Å². The van der Waals surface area contributed by atoms with E-state index in [-0.39, 0.29) is 24.1 Å². The lowest BCUT2D eigenvalue weighted by Crippen LogP contribution is -2.34. The van der Waals surface area contributed by atoms with Gasteiger partial charge in [0.15, 0.2) is 17.9 Å². The number of pyridine rings is 1. The van der Waals surface area contributed by atoms with Crippen LogP contribution in [0, 0.1) is 0 Å². The molecule has 3 aromatic heterocycles. The molecule has 0 radical (unpaired) electrons. The minimum atomic E-state index is -4.07. The summed E-state index contributed by atoms with van der Waals surface area (Å²) < 4.78 is 51.8. The second-order valence-electron chi connectivity index (χ2n) is 7.19. The predicted molar refractivity (Wildman–Crippen MR) is 126 cm³/mol. The summed E-state index contributed by atoms with van der Waals surface area (Å²) in [6.07, 6.45) is 1.03. The Morgan fingerprint density at radius 2 is 1.74 bits per heavy atom. The Bertz CT molecular complexity index is 1220. The van der Waals surface area contributed by atoms with E-state index in [0.717, 1.165) is 0 Å². The molecule has 15 heteroatoms. The lowest BCUT2D eigenvalue weighted by molar-refractivity contribution is -0.110. The highest BCUT2D eigenvalue weighted by Crippen LogP contribution is 2.27. The van der Waals surface area contributed by atoms with Crippen molar-refractivity contribution in [3.05, 3.63) is 41.4 Å². The van der Waals surface area contributed by atoms with Crippen molar-refractivity contribution in [1.82, 2.24) is 29.7 Å². The molecule has 0 aliphatic heterocycles. The lowest BCUT2D eigenvalue weighted by Gasteiger charge is -2.22. The first-order valence-electron chi connectivity index (χ1n) is 10.3. The minimum absolute atomic E-state index is 0.0639. The highest BCUT2D eigenvalue weighted by atomic mass is 35.5. The van der Waals surface area contributed by atoms with Gasteiger partial charge in [-0.3, -0.25) is 9.29 Å². The van der Waals surface area contributed by atoms with Crippen LogP contribution in [0.1, 0.15) is 18.9 Å². The van der Waals surface area contributed by atoms with Crippen molar-refractivity contribution < 1.29 is 27.4 Å². The van der Waals surface area contributed by atoms with E-state index in [0.29, 0.717) is 16.6 Å². The molecule has 2 unspecified atom stereocenters. The molecule has 0 spiro atoms. The molecule has 3 heterocycles. The third kappa shape index (κ3) is 6.21. The van der Waals surface area contributed by atoms with Gasteiger partial charge in [-0.25, -0.2) is 23.4 Å². The third-order valence-electron chi connectivity index (χ3n) is 5.07. The lowest BCUT2D eigenvalue weighted by atomic mass is 10.2. The van der Waals surface area contributed by atoms with E-state index < -0.39 is 27.7 Å². The van der Waals surface area contributed by atoms with Gasteiger partial charge >= 0.3 is 0 Å². The molecule has 0 aromatic carbocycles. The zero-order valence-electron chi connectivity index (χ0n) is 19.7. The van der Waals surface area contributed by atoms with Crippen LogP contribution in [0.25, 0.3) is 11.5 Å². The summed E-state index contributed by atoms with van der Waals surface area (Å²) in [6, 6.07) is 5.09. The maximum absolute atomic E-state index is 13.3. The Hall–Kier alpha value is -2.91. The van der Waals surface area contributed by atoms with Crippen LogP contribution < -0.4 is 9.46 Å². The average molecular weight is 528 g/mol. The molecule has 35 heavy (non-hydrogen) atoms. The third-order valence-corrected chi connectivity index (χ3v) is 6.96. The Balaban J connectivity index is 1.98. The summed E-state index contributed by atoms with van der Waals surface area (Å²) in [7, 11) is 1.70. The van der Waals surface area contributed by atoms with Crippen LogP contribution in [-0.2, 0) is 30.8 Å². The molecule has 0 amide bonds. The first-order valence-corrected chi connectivity index (χ1v) is 12.2. The van der Waals surface area contributed by atoms with Gasteiger partial charge in [-0.05, 0) is 13.0 Å². The molecule has 0 aliphatic rings. The van der Waals surface area contributed by atoms with Gasteiger partial charge in [0.2, 0.25) is 21.9 Å². The van der Waals surface area contributed by atoms with E-state index in [2.05, 4.69) is 29.9 Å². The molecule has 190 valence electrons. The fourth-order valence-corrected chi connectivity index (χ4v) is 4.39. The highest BCUT2D eigenvalue weighted by Gasteiger charge is 2.34. The number of rotatable bonds is 12. The first kappa shape index (κ1) is 26.7. The standard InChI is InChI=1S/C20H26ClN7O6S/c1-12(17(34-5)18-22-9-13(21)10-23-18)35(29,30)27-20-26-25-19(28(20)11-16(32-3)33-4)14-7-6-8-15(24-14)31-2/h6-10,12,16-17H,11H2,1-5H3,(H,26,27). The zero-order chi connectivity index (χ0) is 25.6. The van der Waals surface area contributed by atoms with Crippen molar-refractivity contribution >= 4 is 27.6 Å². The number of anilines is 1. The normalized spacial score (nSPS) is 13.6. The van der Waals surface area contributed by atoms with Gasteiger partial charge in [0, 0.05) is 39.8 Å². The summed E-state index contributed by atoms with van der Waals surface area (Å²) >= 11 is 5.84. The molecule has 2 atom stereocenters. The van der Waals surface area contributed by atoms with Crippen molar-refractivity contribution in [2.45, 2.75) is 31.1 Å². The fourth-order valence-electron chi connectivity index (χ4n) is 3.15. The number of hydrogen-bond acceptors (Lipinski definition) is 11. The molecule has 1 N–H and O–H groups in total. The second kappa shape index (κ2) is 11.7. The molecule has 0 bridgehead atoms. The molecule has 0 fully saturated rings. The molecule has 13 nitrogen and oxygen atoms in total. The second-order valence-corrected chi connectivity index (χ2v) is 9.67. The fraction of sp³-hybridized carbons (Fsp3) is 0.450. The number of hydrogen-bond donors (Lipinski definition) is 1. The van der Waals surface area contributed by atoms with E-state index in [9.17, 15) is 8.42 Å². The first-order chi connectivity index (χ1) is 16.7. The Morgan fingerprint density at radius 1 is 1.06 bits per heavy atom. The van der Waals surface area contributed by atoms with Gasteiger partial charge in [-0.1, -0.05) is 17.7 Å². The van der Waals surface area contributed by atoms with Crippen molar-refractivity contribution in [2.24, 2.45) is 0 Å². The quantitative estimate of drug-likeness (QED) is 0.344. The van der Waals surface area contributed by atoms with Crippen LogP contribution in [0.2, 0.25) is 5.02 Å². The van der Waals surface area contributed by atoms with Gasteiger partial charge in [0.05, 0.1) is 18.7 Å². The molecule has 0 saturated carbocycles. The van der Waals surface area contributed by atoms with Crippen molar-refractivity contribution in [3.63, 3.8) is 0 Å². The maximum Gasteiger partial charge on any atom is 0.240 e. The van der Waals surface area contributed by atoms with E-state index in [1.54, 1.807) is 18.2 Å². The Labute approximate surface area is 207 Å². The Kier molecular flexibility index (Phi) is 8.91. The SMILES string of the molecule is COc1cccc(-c2nnc(NS(=O)(=O)C(C)C(OC)c3ncc(Cl)cn3)n2CC(OC)OC)n1. The zero-order valence-corrected chi connectivity index (χ0v) is 21.3. The van der Waals surface area contributed by atoms with Crippen LogP contribution in [-0.4, -0.2) is 78.1 Å². The monoisotopic (exact) mass is 527 g/mol. The van der Waals surface area contributed by atoms with Gasteiger partial charge in [0.1, 0.15) is 17.0 Å². The predicted octanol–water partition coefficient (Wildman–Crippen LogP) is 1.93. The van der Waals surface area contributed by atoms with Crippen molar-refractivity contribution in [2.75, 3.05) is 33.2 Å². The summed E-state index contributed by atoms with van der Waals surface area (Å²) in [5.74, 6) is 0.727. The number of halogens is 1. The highest BCUT2D eigenvalue weighted by molar-refractivity contribution is 7.93. The van der Waals surface area contributed by atoms with Crippen LogP contribution >= 0.6 is 11.6 Å². The summed E-state index contributed by atoms with van der Waals surface area (Å²) in [5.41, 5.74) is 0.408. The smallest absolute Gasteiger partial charge is 0.240 e. The Morgan fingerprint density at radius 3 is 2.34 bits per heavy atom. The molecule has 3 aromatic rings. The number of ether oxygens (including phenoxy) is 4. The van der Waals surface area contributed by atoms with Crippen molar-refractivity contribution in [1.29, 1.82) is 0 Å². The molecule has 3 rings (SSSR count). The number of sulfonamides is 1. The molecular formula is C20H26ClN7O6S. The largest absolute Gasteiger partial charge is 0.481 e. The van der Waals surface area contributed by atoms with Gasteiger partial charge in [-0.2, -0.15) is 0 Å². The van der Waals surface area contributed by atoms with Crippen molar-refractivity contribution in [3.8, 4) is 17.4 Å². The summed E-state index contributed by atoms with van der Waals surface area (Å²) in [4.78, 5) is 12.5. The van der Waals surface area contributed by atoms with Crippen LogP contribution in [0.5, 0.6) is 5.88 Å². The number of aromatic nitrogens is 6. The van der Waals surface area contributed by atoms with E-state index in [4.69, 9.17) is 30.5 Å². The number of methoxy groups -OCH3 is 4.